The van der Waals surface area contributed by atoms with E-state index in [-0.39, 0.29) is 11.4 Å². The number of hydrogen-bond donors (Lipinski definition) is 0. The predicted molar refractivity (Wildman–Crippen MR) is 110 cm³/mol. The molecule has 2 aromatic rings. The van der Waals surface area contributed by atoms with Crippen molar-refractivity contribution in [1.29, 1.82) is 0 Å². The molecular weight excluding hydrogens is 480 g/mol. The Morgan fingerprint density at radius 1 is 0.656 bits per heavy atom. The third-order valence-corrected chi connectivity index (χ3v) is 12.6. The monoisotopic (exact) mass is 500 g/mol. The molecule has 1 aliphatic heterocycles. The first kappa shape index (κ1) is 24.6. The van der Waals surface area contributed by atoms with E-state index in [0.717, 1.165) is 54.6 Å². The summed E-state index contributed by atoms with van der Waals surface area (Å²) in [6.45, 7) is 0. The van der Waals surface area contributed by atoms with Gasteiger partial charge in [-0.2, -0.15) is 26.3 Å². The molecule has 0 aliphatic carbocycles. The fourth-order valence-electron chi connectivity index (χ4n) is 3.33. The zero-order valence-corrected chi connectivity index (χ0v) is 19.2. The number of alkyl halides is 6. The Morgan fingerprint density at radius 3 is 1.22 bits per heavy atom. The second kappa shape index (κ2) is 7.80. The van der Waals surface area contributed by atoms with Gasteiger partial charge in [0.2, 0.25) is 0 Å². The highest BCUT2D eigenvalue weighted by Crippen LogP contribution is 2.88. The molecule has 0 saturated carbocycles. The van der Waals surface area contributed by atoms with Crippen LogP contribution in [0.4, 0.5) is 37.7 Å². The first-order valence-corrected chi connectivity index (χ1v) is 12.2. The maximum absolute atomic E-state index is 14.1. The van der Waals surface area contributed by atoms with E-state index in [1.165, 1.54) is 40.3 Å². The molecular formula is C18H20F6N4O2P2. The van der Waals surface area contributed by atoms with Gasteiger partial charge in [0.25, 0.3) is 0 Å². The molecule has 6 nitrogen and oxygen atoms in total. The minimum Gasteiger partial charge on any atom is -0.256 e. The van der Waals surface area contributed by atoms with Crippen molar-refractivity contribution < 1.29 is 35.5 Å². The average molecular weight is 500 g/mol. The second-order valence-electron chi connectivity index (χ2n) is 7.40. The predicted octanol–water partition coefficient (Wildman–Crippen LogP) is 6.39. The Bertz CT molecular complexity index is 1020. The van der Waals surface area contributed by atoms with Crippen molar-refractivity contribution in [3.05, 3.63) is 59.7 Å². The van der Waals surface area contributed by atoms with Crippen molar-refractivity contribution in [2.45, 2.75) is 12.4 Å². The SMILES string of the molecule is CN(C)P1(=O)N(c2cccc(C(F)(F)F)c2)P(=O)(N(C)C)N1c1cccc(C(F)(F)F)c1. The zero-order chi connectivity index (χ0) is 24.3. The summed E-state index contributed by atoms with van der Waals surface area (Å²) >= 11 is 0. The van der Waals surface area contributed by atoms with E-state index >= 15 is 0 Å². The normalized spacial score (nSPS) is 24.2. The summed E-state index contributed by atoms with van der Waals surface area (Å²) in [6, 6.07) is 7.70. The van der Waals surface area contributed by atoms with Crippen LogP contribution in [0.5, 0.6) is 0 Å². The number of hydrogen-bond acceptors (Lipinski definition) is 2. The quantitative estimate of drug-likeness (QED) is 0.358. The van der Waals surface area contributed by atoms with Crippen LogP contribution in [0, 0.1) is 0 Å². The number of halogens is 6. The lowest BCUT2D eigenvalue weighted by molar-refractivity contribution is -0.138. The molecule has 1 saturated heterocycles. The number of benzene rings is 2. The molecule has 0 atom stereocenters. The van der Waals surface area contributed by atoms with E-state index in [4.69, 9.17) is 0 Å². The van der Waals surface area contributed by atoms with Crippen LogP contribution < -0.4 is 8.88 Å². The van der Waals surface area contributed by atoms with Gasteiger partial charge in [0.15, 0.2) is 0 Å². The maximum atomic E-state index is 14.1. The minimum atomic E-state index is -4.70. The van der Waals surface area contributed by atoms with E-state index in [0.29, 0.717) is 0 Å². The topological polar surface area (TPSA) is 47.1 Å². The Kier molecular flexibility index (Phi) is 6.00. The highest BCUT2D eigenvalue weighted by molar-refractivity contribution is 7.98. The third kappa shape index (κ3) is 3.73. The lowest BCUT2D eigenvalue weighted by atomic mass is 10.2. The van der Waals surface area contributed by atoms with E-state index in [1.807, 2.05) is 0 Å². The van der Waals surface area contributed by atoms with Gasteiger partial charge in [-0.1, -0.05) is 12.1 Å². The molecule has 1 aliphatic rings. The molecule has 1 heterocycles. The molecule has 1 fully saturated rings. The molecule has 176 valence electrons. The van der Waals surface area contributed by atoms with Gasteiger partial charge in [-0.25, -0.2) is 18.2 Å². The van der Waals surface area contributed by atoms with Crippen molar-refractivity contribution in [3.63, 3.8) is 0 Å². The lowest BCUT2D eigenvalue weighted by Crippen LogP contribution is -2.51. The molecule has 0 unspecified atom stereocenters. The summed E-state index contributed by atoms with van der Waals surface area (Å²) in [5.74, 6) is 0. The van der Waals surface area contributed by atoms with Crippen LogP contribution in [0.1, 0.15) is 11.1 Å². The van der Waals surface area contributed by atoms with Crippen LogP contribution in [-0.4, -0.2) is 37.5 Å². The fourth-order valence-corrected chi connectivity index (χ4v) is 11.5. The molecule has 0 N–H and O–H groups in total. The number of rotatable bonds is 4. The Labute approximate surface area is 181 Å². The summed E-state index contributed by atoms with van der Waals surface area (Å²) in [6.07, 6.45) is -9.41. The molecule has 0 radical (unpaired) electrons. The molecule has 14 heteroatoms. The number of anilines is 2. The van der Waals surface area contributed by atoms with E-state index < -0.39 is 38.7 Å². The zero-order valence-electron chi connectivity index (χ0n) is 17.4. The Balaban J connectivity index is 2.24. The highest BCUT2D eigenvalue weighted by atomic mass is 31.3. The fraction of sp³-hybridized carbons (Fsp3) is 0.333. The Morgan fingerprint density at radius 2 is 0.969 bits per heavy atom. The van der Waals surface area contributed by atoms with Crippen molar-refractivity contribution in [2.75, 3.05) is 37.1 Å². The van der Waals surface area contributed by atoms with Crippen LogP contribution in [-0.2, 0) is 21.5 Å². The van der Waals surface area contributed by atoms with Crippen LogP contribution >= 0.6 is 15.2 Å². The Hall–Kier alpha value is -2.00. The smallest absolute Gasteiger partial charge is 0.256 e. The molecule has 0 spiro atoms. The van der Waals surface area contributed by atoms with Gasteiger partial charge >= 0.3 is 27.5 Å². The summed E-state index contributed by atoms with van der Waals surface area (Å²) in [4.78, 5) is 0. The van der Waals surface area contributed by atoms with Gasteiger partial charge in [0, 0.05) is 0 Å². The molecule has 3 rings (SSSR count). The largest absolute Gasteiger partial charge is 0.416 e. The van der Waals surface area contributed by atoms with Gasteiger partial charge < -0.3 is 0 Å². The lowest BCUT2D eigenvalue weighted by Gasteiger charge is -2.60. The van der Waals surface area contributed by atoms with Gasteiger partial charge in [-0.3, -0.25) is 9.13 Å². The molecule has 32 heavy (non-hydrogen) atoms. The van der Waals surface area contributed by atoms with Gasteiger partial charge in [-0.15, -0.1) is 0 Å². The van der Waals surface area contributed by atoms with Gasteiger partial charge in [0.1, 0.15) is 0 Å². The van der Waals surface area contributed by atoms with E-state index in [2.05, 4.69) is 0 Å². The van der Waals surface area contributed by atoms with Crippen LogP contribution in [0.2, 0.25) is 0 Å². The van der Waals surface area contributed by atoms with Crippen LogP contribution in [0.15, 0.2) is 48.5 Å². The first-order valence-electron chi connectivity index (χ1n) is 9.08. The second-order valence-corrected chi connectivity index (χ2v) is 13.3. The molecule has 0 aromatic heterocycles. The van der Waals surface area contributed by atoms with Crippen molar-refractivity contribution in [1.82, 2.24) is 9.34 Å². The van der Waals surface area contributed by atoms with Crippen LogP contribution in [0.3, 0.4) is 0 Å². The summed E-state index contributed by atoms with van der Waals surface area (Å²) in [5, 5.41) is 0. The molecule has 0 bridgehead atoms. The minimum absolute atomic E-state index is 0.225. The highest BCUT2D eigenvalue weighted by Gasteiger charge is 2.68. The number of nitrogens with zero attached hydrogens (tertiary/aromatic N) is 4. The molecule has 2 aromatic carbocycles. The third-order valence-electron chi connectivity index (χ3n) is 4.84. The van der Waals surface area contributed by atoms with E-state index in [1.54, 1.807) is 0 Å². The maximum Gasteiger partial charge on any atom is 0.416 e. The average Bonchev–Trinajstić information content (AvgIpc) is 2.66. The van der Waals surface area contributed by atoms with Crippen molar-refractivity contribution in [2.24, 2.45) is 0 Å². The van der Waals surface area contributed by atoms with Gasteiger partial charge in [0.05, 0.1) is 22.5 Å². The van der Waals surface area contributed by atoms with Crippen molar-refractivity contribution >= 4 is 26.6 Å². The summed E-state index contributed by atoms with van der Waals surface area (Å²) in [5.41, 5.74) is -2.53. The van der Waals surface area contributed by atoms with Crippen LogP contribution in [0.25, 0.3) is 0 Å². The van der Waals surface area contributed by atoms with E-state index in [9.17, 15) is 35.5 Å². The first-order chi connectivity index (χ1) is 14.6. The van der Waals surface area contributed by atoms with Crippen molar-refractivity contribution in [3.8, 4) is 0 Å². The summed E-state index contributed by atoms with van der Waals surface area (Å²) < 4.78 is 112. The standard InChI is InChI=1S/C18H20F6N4O2P2/c1-25(2)31(29)27(15-9-5-7-13(11-15)17(19,20)21)32(30,26(3)4)28(31)16-10-6-8-14(12-16)18(22,23)24/h5-12H,1-4H3. The summed E-state index contributed by atoms with van der Waals surface area (Å²) in [7, 11) is -2.78. The molecule has 0 amide bonds. The van der Waals surface area contributed by atoms with Gasteiger partial charge in [-0.05, 0) is 64.6 Å².